The molecule has 0 atom stereocenters. The number of aryl methyl sites for hydroxylation is 2. The Morgan fingerprint density at radius 3 is 2.35 bits per heavy atom. The summed E-state index contributed by atoms with van der Waals surface area (Å²) in [6, 6.07) is 19.7. The van der Waals surface area contributed by atoms with Gasteiger partial charge in [-0.05, 0) is 85.6 Å². The minimum Gasteiger partial charge on any atom is -0.497 e. The van der Waals surface area contributed by atoms with E-state index in [-0.39, 0.29) is 12.4 Å². The first-order valence-electron chi connectivity index (χ1n) is 10.6. The number of H-pyrrole nitrogens is 1. The number of ether oxygens (including phenoxy) is 2. The highest BCUT2D eigenvalue weighted by Gasteiger charge is 2.11. The van der Waals surface area contributed by atoms with E-state index in [9.17, 15) is 0 Å². The third-order valence-electron chi connectivity index (χ3n) is 5.37. The van der Waals surface area contributed by atoms with Gasteiger partial charge in [-0.3, -0.25) is 4.98 Å². The minimum absolute atomic E-state index is 0. The van der Waals surface area contributed by atoms with Gasteiger partial charge in [0, 0.05) is 17.1 Å². The smallest absolute Gasteiger partial charge is 0.158 e. The predicted octanol–water partition coefficient (Wildman–Crippen LogP) is 6.60. The molecule has 0 spiro atoms. The van der Waals surface area contributed by atoms with Crippen molar-refractivity contribution >= 4 is 34.9 Å². The molecule has 0 aliphatic heterocycles. The largest absolute Gasteiger partial charge is 0.497 e. The Kier molecular flexibility index (Phi) is 6.65. The maximum absolute atomic E-state index is 5.98. The summed E-state index contributed by atoms with van der Waals surface area (Å²) < 4.78 is 11.2. The molecule has 0 radical (unpaired) electrons. The van der Waals surface area contributed by atoms with Crippen molar-refractivity contribution < 1.29 is 9.47 Å². The lowest BCUT2D eigenvalue weighted by molar-refractivity contribution is 0.415. The number of benzene rings is 2. The van der Waals surface area contributed by atoms with Gasteiger partial charge in [0.1, 0.15) is 29.1 Å². The van der Waals surface area contributed by atoms with E-state index in [4.69, 9.17) is 9.47 Å². The van der Waals surface area contributed by atoms with Gasteiger partial charge in [0.2, 0.25) is 0 Å². The van der Waals surface area contributed by atoms with E-state index in [0.29, 0.717) is 11.6 Å². The number of hydrogen-bond acceptors (Lipinski definition) is 6. The van der Waals surface area contributed by atoms with E-state index in [1.54, 1.807) is 19.6 Å². The first-order valence-corrected chi connectivity index (χ1v) is 10.6. The Bertz CT molecular complexity index is 1420. The molecule has 2 aromatic carbocycles. The Hall–Kier alpha value is -4.10. The summed E-state index contributed by atoms with van der Waals surface area (Å²) >= 11 is 0. The Morgan fingerprint density at radius 1 is 0.853 bits per heavy atom. The fourth-order valence-corrected chi connectivity index (χ4v) is 3.58. The lowest BCUT2D eigenvalue weighted by atomic mass is 10.1. The van der Waals surface area contributed by atoms with Gasteiger partial charge in [-0.15, -0.1) is 12.4 Å². The number of methoxy groups -OCH3 is 1. The second kappa shape index (κ2) is 9.80. The average Bonchev–Trinajstić information content (AvgIpc) is 3.28. The van der Waals surface area contributed by atoms with Crippen molar-refractivity contribution in [1.82, 2.24) is 19.9 Å². The van der Waals surface area contributed by atoms with E-state index < -0.39 is 0 Å². The van der Waals surface area contributed by atoms with Gasteiger partial charge in [-0.2, -0.15) is 0 Å². The molecular formula is C26H24ClN5O2. The van der Waals surface area contributed by atoms with Crippen LogP contribution in [0.5, 0.6) is 17.2 Å². The van der Waals surface area contributed by atoms with Crippen LogP contribution in [0.25, 0.3) is 22.3 Å². The Labute approximate surface area is 203 Å². The first kappa shape index (κ1) is 23.1. The summed E-state index contributed by atoms with van der Waals surface area (Å²) in [5.41, 5.74) is 6.53. The first-order chi connectivity index (χ1) is 16.1. The van der Waals surface area contributed by atoms with E-state index in [1.165, 1.54) is 0 Å². The van der Waals surface area contributed by atoms with Crippen LogP contribution in [0.1, 0.15) is 11.3 Å². The highest BCUT2D eigenvalue weighted by Crippen LogP contribution is 2.31. The highest BCUT2D eigenvalue weighted by molar-refractivity contribution is 5.91. The van der Waals surface area contributed by atoms with Crippen LogP contribution in [0.15, 0.2) is 73.2 Å². The molecule has 3 heterocycles. The fourth-order valence-electron chi connectivity index (χ4n) is 3.58. The quantitative estimate of drug-likeness (QED) is 0.289. The summed E-state index contributed by atoms with van der Waals surface area (Å²) in [7, 11) is 1.66. The van der Waals surface area contributed by atoms with Crippen molar-refractivity contribution in [2.24, 2.45) is 0 Å². The number of hydrogen-bond donors (Lipinski definition) is 2. The van der Waals surface area contributed by atoms with Gasteiger partial charge < -0.3 is 19.8 Å². The van der Waals surface area contributed by atoms with Gasteiger partial charge in [-0.25, -0.2) is 9.97 Å². The number of anilines is 2. The molecule has 2 N–H and O–H groups in total. The van der Waals surface area contributed by atoms with Gasteiger partial charge in [0.05, 0.1) is 18.8 Å². The normalized spacial score (nSPS) is 10.6. The van der Waals surface area contributed by atoms with E-state index in [1.807, 2.05) is 74.5 Å². The number of nitrogens with one attached hydrogen (secondary N) is 2. The van der Waals surface area contributed by atoms with Gasteiger partial charge in [-0.1, -0.05) is 0 Å². The van der Waals surface area contributed by atoms with Crippen LogP contribution in [-0.2, 0) is 0 Å². The SMILES string of the molecule is COc1ccc(-c2cc3ncnc(Nc4ccc(Oc5ccc(C)nc5)c(C)c4)c3[nH]2)cc1.Cl. The third kappa shape index (κ3) is 4.79. The lowest BCUT2D eigenvalue weighted by Crippen LogP contribution is -1.97. The van der Waals surface area contributed by atoms with E-state index >= 15 is 0 Å². The number of rotatable bonds is 6. The number of nitrogens with zero attached hydrogens (tertiary/aromatic N) is 3. The molecule has 0 saturated carbocycles. The standard InChI is InChI=1S/C26H23N5O2.ClH/c1-16-12-19(7-11-24(16)33-21-8-4-17(2)27-14-21)30-26-25-23(28-15-29-26)13-22(31-25)18-5-9-20(32-3)10-6-18;/h4-15,31H,1-3H3,(H,28,29,30);1H. The van der Waals surface area contributed by atoms with Crippen molar-refractivity contribution in [3.05, 3.63) is 84.4 Å². The van der Waals surface area contributed by atoms with Crippen LogP contribution >= 0.6 is 12.4 Å². The fraction of sp³-hybridized carbons (Fsp3) is 0.115. The molecular weight excluding hydrogens is 450 g/mol. The van der Waals surface area contributed by atoms with Crippen molar-refractivity contribution in [3.63, 3.8) is 0 Å². The summed E-state index contributed by atoms with van der Waals surface area (Å²) in [6.45, 7) is 3.96. The molecule has 0 saturated heterocycles. The summed E-state index contributed by atoms with van der Waals surface area (Å²) in [5.74, 6) is 3.01. The van der Waals surface area contributed by atoms with Crippen molar-refractivity contribution in [1.29, 1.82) is 0 Å². The number of halogens is 1. The number of fused-ring (bicyclic) bond motifs is 1. The third-order valence-corrected chi connectivity index (χ3v) is 5.37. The minimum atomic E-state index is 0. The maximum Gasteiger partial charge on any atom is 0.158 e. The van der Waals surface area contributed by atoms with Crippen molar-refractivity contribution in [3.8, 4) is 28.5 Å². The monoisotopic (exact) mass is 473 g/mol. The molecule has 0 amide bonds. The number of pyridine rings is 1. The molecule has 7 nitrogen and oxygen atoms in total. The second-order valence-corrected chi connectivity index (χ2v) is 7.74. The van der Waals surface area contributed by atoms with Gasteiger partial charge >= 0.3 is 0 Å². The molecule has 0 fully saturated rings. The molecule has 5 rings (SSSR count). The van der Waals surface area contributed by atoms with Gasteiger partial charge in [0.15, 0.2) is 5.82 Å². The summed E-state index contributed by atoms with van der Waals surface area (Å²) in [5, 5.41) is 3.40. The van der Waals surface area contributed by atoms with Crippen LogP contribution in [0.3, 0.4) is 0 Å². The maximum atomic E-state index is 5.98. The summed E-state index contributed by atoms with van der Waals surface area (Å²) in [6.07, 6.45) is 3.29. The van der Waals surface area contributed by atoms with E-state index in [2.05, 4.69) is 25.3 Å². The molecule has 0 aliphatic rings. The second-order valence-electron chi connectivity index (χ2n) is 7.74. The highest BCUT2D eigenvalue weighted by atomic mass is 35.5. The number of aromatic nitrogens is 4. The van der Waals surface area contributed by atoms with Crippen molar-refractivity contribution in [2.75, 3.05) is 12.4 Å². The molecule has 0 aliphatic carbocycles. The van der Waals surface area contributed by atoms with E-state index in [0.717, 1.165) is 50.7 Å². The molecule has 0 bridgehead atoms. The Balaban J connectivity index is 0.00000274. The van der Waals surface area contributed by atoms with Crippen LogP contribution in [-0.4, -0.2) is 27.0 Å². The zero-order valence-corrected chi connectivity index (χ0v) is 19.8. The lowest BCUT2D eigenvalue weighted by Gasteiger charge is -2.12. The van der Waals surface area contributed by atoms with Crippen molar-refractivity contribution in [2.45, 2.75) is 13.8 Å². The van der Waals surface area contributed by atoms with Crippen LogP contribution in [0, 0.1) is 13.8 Å². The summed E-state index contributed by atoms with van der Waals surface area (Å²) in [4.78, 5) is 16.6. The molecule has 3 aromatic heterocycles. The van der Waals surface area contributed by atoms with Crippen LogP contribution in [0.2, 0.25) is 0 Å². The number of aromatic amines is 1. The molecule has 172 valence electrons. The predicted molar refractivity (Wildman–Crippen MR) is 137 cm³/mol. The molecule has 34 heavy (non-hydrogen) atoms. The van der Waals surface area contributed by atoms with Crippen LogP contribution < -0.4 is 14.8 Å². The zero-order valence-electron chi connectivity index (χ0n) is 19.0. The molecule has 5 aromatic rings. The molecule has 0 unspecified atom stereocenters. The average molecular weight is 474 g/mol. The zero-order chi connectivity index (χ0) is 22.8. The van der Waals surface area contributed by atoms with Gasteiger partial charge in [0.25, 0.3) is 0 Å². The topological polar surface area (TPSA) is 85.0 Å². The molecule has 8 heteroatoms. The Morgan fingerprint density at radius 2 is 1.65 bits per heavy atom. The van der Waals surface area contributed by atoms with Crippen LogP contribution in [0.4, 0.5) is 11.5 Å².